The number of carbonyl (C=O) groups is 1. The Morgan fingerprint density at radius 3 is 2.50 bits per heavy atom. The molecule has 1 amide bonds. The molecule has 0 radical (unpaired) electrons. The number of aliphatic hydroxyl groups excluding tert-OH is 1. The first kappa shape index (κ1) is 13.4. The number of hydroxylamine groups is 1. The van der Waals surface area contributed by atoms with Crippen LogP contribution < -0.4 is 5.48 Å². The minimum Gasteiger partial charge on any atom is -0.393 e. The second kappa shape index (κ2) is 8.97. The van der Waals surface area contributed by atoms with Crippen LogP contribution in [-0.2, 0) is 4.79 Å². The average molecular weight is 203 g/mol. The summed E-state index contributed by atoms with van der Waals surface area (Å²) in [6.45, 7) is 2.12. The summed E-state index contributed by atoms with van der Waals surface area (Å²) in [5.41, 5.74) is 1.57. The van der Waals surface area contributed by atoms with Crippen LogP contribution in [0.5, 0.6) is 0 Å². The van der Waals surface area contributed by atoms with Crippen molar-refractivity contribution in [3.05, 3.63) is 0 Å². The maximum absolute atomic E-state index is 10.6. The number of unbranched alkanes of at least 4 members (excludes halogenated alkanes) is 2. The molecule has 0 aliphatic rings. The van der Waals surface area contributed by atoms with E-state index in [4.69, 9.17) is 5.21 Å². The first-order valence-corrected chi connectivity index (χ1v) is 5.31. The zero-order valence-corrected chi connectivity index (χ0v) is 8.83. The molecule has 0 rings (SSSR count). The fraction of sp³-hybridized carbons (Fsp3) is 0.900. The smallest absolute Gasteiger partial charge is 0.243 e. The van der Waals surface area contributed by atoms with Gasteiger partial charge in [-0.25, -0.2) is 5.48 Å². The maximum Gasteiger partial charge on any atom is 0.243 e. The number of aliphatic hydroxyl groups is 1. The van der Waals surface area contributed by atoms with E-state index in [0.29, 0.717) is 12.8 Å². The number of hydrogen-bond acceptors (Lipinski definition) is 3. The first-order valence-electron chi connectivity index (χ1n) is 5.31. The summed E-state index contributed by atoms with van der Waals surface area (Å²) in [4.78, 5) is 10.6. The quantitative estimate of drug-likeness (QED) is 0.319. The Balaban J connectivity index is 3.26. The third kappa shape index (κ3) is 8.01. The monoisotopic (exact) mass is 203 g/mol. The molecule has 0 aliphatic heterocycles. The molecule has 84 valence electrons. The van der Waals surface area contributed by atoms with Crippen molar-refractivity contribution in [3.63, 3.8) is 0 Å². The minimum atomic E-state index is -0.384. The molecule has 0 fully saturated rings. The van der Waals surface area contributed by atoms with Crippen molar-refractivity contribution < 1.29 is 15.1 Å². The van der Waals surface area contributed by atoms with E-state index in [0.717, 1.165) is 25.7 Å². The lowest BCUT2D eigenvalue weighted by molar-refractivity contribution is -0.129. The van der Waals surface area contributed by atoms with Crippen molar-refractivity contribution in [2.24, 2.45) is 0 Å². The molecule has 0 heterocycles. The second-order valence-electron chi connectivity index (χ2n) is 3.58. The van der Waals surface area contributed by atoms with Gasteiger partial charge in [-0.2, -0.15) is 0 Å². The summed E-state index contributed by atoms with van der Waals surface area (Å²) in [5, 5.41) is 17.7. The van der Waals surface area contributed by atoms with Gasteiger partial charge in [0.15, 0.2) is 0 Å². The molecule has 0 saturated heterocycles. The van der Waals surface area contributed by atoms with Gasteiger partial charge in [0.25, 0.3) is 0 Å². The van der Waals surface area contributed by atoms with Crippen LogP contribution in [0.3, 0.4) is 0 Å². The highest BCUT2D eigenvalue weighted by Crippen LogP contribution is 2.09. The third-order valence-corrected chi connectivity index (χ3v) is 2.21. The molecule has 0 aliphatic carbocycles. The highest BCUT2D eigenvalue weighted by Gasteiger charge is 2.05. The molecule has 0 spiro atoms. The molecule has 1 unspecified atom stereocenters. The Bertz CT molecular complexity index is 150. The lowest BCUT2D eigenvalue weighted by Crippen LogP contribution is -2.18. The van der Waals surface area contributed by atoms with Crippen LogP contribution in [-0.4, -0.2) is 22.3 Å². The number of rotatable bonds is 8. The van der Waals surface area contributed by atoms with Crippen molar-refractivity contribution in [3.8, 4) is 0 Å². The van der Waals surface area contributed by atoms with Crippen LogP contribution in [0, 0.1) is 0 Å². The van der Waals surface area contributed by atoms with Crippen molar-refractivity contribution in [2.75, 3.05) is 0 Å². The first-order chi connectivity index (χ1) is 6.70. The van der Waals surface area contributed by atoms with Crippen molar-refractivity contribution >= 4 is 5.91 Å². The highest BCUT2D eigenvalue weighted by atomic mass is 16.5. The van der Waals surface area contributed by atoms with Gasteiger partial charge in [0.2, 0.25) is 5.91 Å². The number of hydrogen-bond donors (Lipinski definition) is 3. The number of nitrogens with one attached hydrogen (secondary N) is 1. The molecule has 3 N–H and O–H groups in total. The summed E-state index contributed by atoms with van der Waals surface area (Å²) in [7, 11) is 0. The molecule has 1 atom stereocenters. The van der Waals surface area contributed by atoms with E-state index in [1.807, 2.05) is 0 Å². The number of carbonyl (C=O) groups excluding carboxylic acids is 1. The normalized spacial score (nSPS) is 12.5. The second-order valence-corrected chi connectivity index (χ2v) is 3.58. The van der Waals surface area contributed by atoms with E-state index >= 15 is 0 Å². The fourth-order valence-corrected chi connectivity index (χ4v) is 1.33. The Morgan fingerprint density at radius 2 is 1.93 bits per heavy atom. The van der Waals surface area contributed by atoms with Crippen molar-refractivity contribution in [1.29, 1.82) is 0 Å². The molecule has 0 bridgehead atoms. The molecular formula is C10H21NO3. The molecule has 0 aromatic rings. The van der Waals surface area contributed by atoms with E-state index in [1.165, 1.54) is 0 Å². The lowest BCUT2D eigenvalue weighted by atomic mass is 10.1. The molecule has 14 heavy (non-hydrogen) atoms. The lowest BCUT2D eigenvalue weighted by Gasteiger charge is -2.08. The van der Waals surface area contributed by atoms with Gasteiger partial charge in [-0.05, 0) is 19.3 Å². The zero-order valence-electron chi connectivity index (χ0n) is 8.83. The van der Waals surface area contributed by atoms with E-state index in [9.17, 15) is 9.90 Å². The van der Waals surface area contributed by atoms with Crippen LogP contribution in [0.25, 0.3) is 0 Å². The summed E-state index contributed by atoms with van der Waals surface area (Å²) in [5.74, 6) is -0.384. The van der Waals surface area contributed by atoms with Gasteiger partial charge in [0.1, 0.15) is 0 Å². The number of amides is 1. The summed E-state index contributed by atoms with van der Waals surface area (Å²) >= 11 is 0. The van der Waals surface area contributed by atoms with Gasteiger partial charge in [-0.1, -0.05) is 26.2 Å². The van der Waals surface area contributed by atoms with Crippen LogP contribution in [0.4, 0.5) is 0 Å². The van der Waals surface area contributed by atoms with Crippen molar-refractivity contribution in [1.82, 2.24) is 5.48 Å². The van der Waals surface area contributed by atoms with Crippen molar-refractivity contribution in [2.45, 2.75) is 58.0 Å². The Morgan fingerprint density at radius 1 is 1.29 bits per heavy atom. The predicted molar refractivity (Wildman–Crippen MR) is 53.9 cm³/mol. The Hall–Kier alpha value is -0.610. The summed E-state index contributed by atoms with van der Waals surface area (Å²) in [6.07, 6.45) is 5.40. The standard InChI is InChI=1S/C10H21NO3/c1-2-3-4-6-9(12)7-5-8-10(13)11-14/h9,12,14H,2-8H2,1H3,(H,11,13). The van der Waals surface area contributed by atoms with Crippen LogP contribution in [0.15, 0.2) is 0 Å². The molecule has 4 heteroatoms. The maximum atomic E-state index is 10.6. The average Bonchev–Trinajstić information content (AvgIpc) is 2.18. The van der Waals surface area contributed by atoms with Gasteiger partial charge in [-0.15, -0.1) is 0 Å². The molecular weight excluding hydrogens is 182 g/mol. The Labute approximate surface area is 85.3 Å². The largest absolute Gasteiger partial charge is 0.393 e. The van der Waals surface area contributed by atoms with Gasteiger partial charge in [-0.3, -0.25) is 10.0 Å². The molecule has 0 saturated carbocycles. The van der Waals surface area contributed by atoms with Crippen LogP contribution in [0.1, 0.15) is 51.9 Å². The van der Waals surface area contributed by atoms with Crippen LogP contribution in [0.2, 0.25) is 0 Å². The molecule has 0 aromatic carbocycles. The topological polar surface area (TPSA) is 69.6 Å². The summed E-state index contributed by atoms with van der Waals surface area (Å²) < 4.78 is 0. The predicted octanol–water partition coefficient (Wildman–Crippen LogP) is 1.60. The van der Waals surface area contributed by atoms with Gasteiger partial charge >= 0.3 is 0 Å². The van der Waals surface area contributed by atoms with E-state index in [2.05, 4.69) is 6.92 Å². The SMILES string of the molecule is CCCCCC(O)CCCC(=O)NO. The van der Waals surface area contributed by atoms with Gasteiger partial charge in [0.05, 0.1) is 6.10 Å². The highest BCUT2D eigenvalue weighted by molar-refractivity contribution is 5.74. The molecule has 4 nitrogen and oxygen atoms in total. The van der Waals surface area contributed by atoms with E-state index < -0.39 is 0 Å². The van der Waals surface area contributed by atoms with Gasteiger partial charge < -0.3 is 5.11 Å². The van der Waals surface area contributed by atoms with E-state index in [-0.39, 0.29) is 18.4 Å². The third-order valence-electron chi connectivity index (χ3n) is 2.21. The van der Waals surface area contributed by atoms with Crippen LogP contribution >= 0.6 is 0 Å². The fourth-order valence-electron chi connectivity index (χ4n) is 1.33. The summed E-state index contributed by atoms with van der Waals surface area (Å²) in [6, 6.07) is 0. The molecule has 0 aromatic heterocycles. The Kier molecular flexibility index (Phi) is 8.57. The van der Waals surface area contributed by atoms with Gasteiger partial charge in [0, 0.05) is 6.42 Å². The van der Waals surface area contributed by atoms with E-state index in [1.54, 1.807) is 5.48 Å². The zero-order chi connectivity index (χ0) is 10.8. The minimum absolute atomic E-state index is 0.279.